The first-order valence-electron chi connectivity index (χ1n) is 14.7. The molecule has 1 N–H and O–H groups in total. The second-order valence-corrected chi connectivity index (χ2v) is 13.0. The number of hydrogen-bond donors (Lipinski definition) is 1. The maximum atomic E-state index is 13.3. The molecule has 0 unspecified atom stereocenters. The number of aryl methyl sites for hydroxylation is 1. The number of pyridine rings is 1. The number of halogens is 2. The van der Waals surface area contributed by atoms with Gasteiger partial charge in [0.25, 0.3) is 0 Å². The average molecular weight is 607 g/mol. The zero-order chi connectivity index (χ0) is 29.5. The molecule has 2 aliphatic carbocycles. The number of carbonyl (C=O) groups is 1. The summed E-state index contributed by atoms with van der Waals surface area (Å²) in [5, 5.41) is 4.80. The number of ether oxygens (including phenoxy) is 2. The van der Waals surface area contributed by atoms with Crippen molar-refractivity contribution in [2.75, 3.05) is 19.0 Å². The Morgan fingerprint density at radius 1 is 1.12 bits per heavy atom. The minimum Gasteiger partial charge on any atom is -0.491 e. The second kappa shape index (κ2) is 11.5. The average Bonchev–Trinajstić information content (AvgIpc) is 3.45. The van der Waals surface area contributed by atoms with Gasteiger partial charge in [0, 0.05) is 36.2 Å². The third-order valence-corrected chi connectivity index (χ3v) is 10.1. The maximum absolute atomic E-state index is 13.3. The van der Waals surface area contributed by atoms with E-state index in [1.807, 2.05) is 48.1 Å². The predicted octanol–water partition coefficient (Wildman–Crippen LogP) is 7.99. The maximum Gasteiger partial charge on any atom is 0.331 e. The van der Waals surface area contributed by atoms with Crippen molar-refractivity contribution in [3.8, 4) is 5.75 Å². The van der Waals surface area contributed by atoms with Gasteiger partial charge in [-0.25, -0.2) is 4.79 Å². The molecule has 1 spiro atoms. The number of fused-ring (bicyclic) bond motifs is 3. The van der Waals surface area contributed by atoms with Crippen molar-refractivity contribution < 1.29 is 14.3 Å². The van der Waals surface area contributed by atoms with Crippen LogP contribution in [-0.4, -0.2) is 34.8 Å². The van der Waals surface area contributed by atoms with Crippen molar-refractivity contribution in [3.05, 3.63) is 88.2 Å². The summed E-state index contributed by atoms with van der Waals surface area (Å²) in [6.07, 6.45) is 8.87. The molecule has 4 aromatic rings. The molecule has 8 heteroatoms. The monoisotopic (exact) mass is 605 g/mol. The summed E-state index contributed by atoms with van der Waals surface area (Å²) < 4.78 is 13.7. The van der Waals surface area contributed by atoms with Crippen LogP contribution < -0.4 is 10.1 Å². The van der Waals surface area contributed by atoms with Gasteiger partial charge in [0.15, 0.2) is 0 Å². The van der Waals surface area contributed by atoms with Gasteiger partial charge in [-0.2, -0.15) is 0 Å². The molecule has 2 atom stereocenters. The first kappa shape index (κ1) is 28.9. The van der Waals surface area contributed by atoms with Crippen LogP contribution in [-0.2, 0) is 28.4 Å². The van der Waals surface area contributed by atoms with E-state index in [1.165, 1.54) is 18.2 Å². The van der Waals surface area contributed by atoms with Gasteiger partial charge in [0.1, 0.15) is 22.3 Å². The van der Waals surface area contributed by atoms with Crippen LogP contribution in [0.5, 0.6) is 5.75 Å². The number of rotatable bonds is 8. The molecular formula is C34H37Cl2N3O3. The quantitative estimate of drug-likeness (QED) is 0.206. The molecule has 2 aromatic heterocycles. The predicted molar refractivity (Wildman–Crippen MR) is 169 cm³/mol. The minimum absolute atomic E-state index is 0.00790. The number of esters is 1. The molecule has 2 aromatic carbocycles. The lowest BCUT2D eigenvalue weighted by molar-refractivity contribution is -0.148. The SMILES string of the molecule is COC(=O)C1(Nc2cccc(Cl)c2)CCC2(CC1)c1ccccc1C[C@@H]2C[C@@H](C)COc1ccnc2c(Cl)cn(C)c12. The topological polar surface area (TPSA) is 65.4 Å². The van der Waals surface area contributed by atoms with E-state index in [9.17, 15) is 4.79 Å². The largest absolute Gasteiger partial charge is 0.491 e. The number of anilines is 1. The molecule has 0 radical (unpaired) electrons. The van der Waals surface area contributed by atoms with Gasteiger partial charge in [-0.1, -0.05) is 60.5 Å². The summed E-state index contributed by atoms with van der Waals surface area (Å²) in [5.74, 6) is 1.37. The lowest BCUT2D eigenvalue weighted by Gasteiger charge is -2.47. The number of nitrogens with zero attached hydrogens (tertiary/aromatic N) is 2. The van der Waals surface area contributed by atoms with Crippen LogP contribution in [0, 0.1) is 11.8 Å². The second-order valence-electron chi connectivity index (χ2n) is 12.2. The molecule has 0 saturated heterocycles. The van der Waals surface area contributed by atoms with E-state index in [-0.39, 0.29) is 11.4 Å². The summed E-state index contributed by atoms with van der Waals surface area (Å²) in [7, 11) is 3.44. The number of methoxy groups -OCH3 is 1. The fraction of sp³-hybridized carbons (Fsp3) is 0.412. The Balaban J connectivity index is 1.22. The molecule has 6 rings (SSSR count). The van der Waals surface area contributed by atoms with Gasteiger partial charge in [-0.3, -0.25) is 4.98 Å². The van der Waals surface area contributed by atoms with Crippen molar-refractivity contribution in [2.24, 2.45) is 18.9 Å². The Kier molecular flexibility index (Phi) is 7.88. The van der Waals surface area contributed by atoms with E-state index in [0.29, 0.717) is 41.3 Å². The number of benzene rings is 2. The van der Waals surface area contributed by atoms with Crippen LogP contribution in [0.15, 0.2) is 67.0 Å². The van der Waals surface area contributed by atoms with Crippen LogP contribution >= 0.6 is 23.2 Å². The van der Waals surface area contributed by atoms with E-state index < -0.39 is 5.54 Å². The van der Waals surface area contributed by atoms with Crippen molar-refractivity contribution in [3.63, 3.8) is 0 Å². The van der Waals surface area contributed by atoms with Crippen molar-refractivity contribution in [2.45, 2.75) is 56.4 Å². The van der Waals surface area contributed by atoms with Gasteiger partial charge < -0.3 is 19.4 Å². The number of aromatic nitrogens is 2. The third-order valence-electron chi connectivity index (χ3n) is 9.57. The molecule has 220 valence electrons. The Hall–Kier alpha value is -3.22. The molecule has 42 heavy (non-hydrogen) atoms. The molecule has 1 saturated carbocycles. The number of hydrogen-bond acceptors (Lipinski definition) is 5. The van der Waals surface area contributed by atoms with Crippen molar-refractivity contribution in [1.29, 1.82) is 0 Å². The van der Waals surface area contributed by atoms with E-state index >= 15 is 0 Å². The minimum atomic E-state index is -0.787. The molecule has 2 aliphatic rings. The number of nitrogens with one attached hydrogen (secondary N) is 1. The number of carbonyl (C=O) groups excluding carboxylic acids is 1. The fourth-order valence-corrected chi connectivity index (χ4v) is 8.02. The van der Waals surface area contributed by atoms with Gasteiger partial charge >= 0.3 is 5.97 Å². The van der Waals surface area contributed by atoms with E-state index in [1.54, 1.807) is 6.20 Å². The molecule has 6 nitrogen and oxygen atoms in total. The van der Waals surface area contributed by atoms with Gasteiger partial charge in [0.05, 0.1) is 18.7 Å². The summed E-state index contributed by atoms with van der Waals surface area (Å²) in [4.78, 5) is 17.7. The highest BCUT2D eigenvalue weighted by atomic mass is 35.5. The van der Waals surface area contributed by atoms with Crippen molar-refractivity contribution in [1.82, 2.24) is 9.55 Å². The Bertz CT molecular complexity index is 1610. The van der Waals surface area contributed by atoms with E-state index in [4.69, 9.17) is 32.7 Å². The third kappa shape index (κ3) is 5.13. The molecule has 1 fully saturated rings. The van der Waals surface area contributed by atoms with Crippen LogP contribution in [0.1, 0.15) is 50.2 Å². The lowest BCUT2D eigenvalue weighted by atomic mass is 9.59. The Morgan fingerprint density at radius 2 is 1.90 bits per heavy atom. The van der Waals surface area contributed by atoms with Crippen LogP contribution in [0.3, 0.4) is 0 Å². The van der Waals surface area contributed by atoms with Crippen LogP contribution in [0.4, 0.5) is 5.69 Å². The molecule has 2 heterocycles. The summed E-state index contributed by atoms with van der Waals surface area (Å²) >= 11 is 12.6. The van der Waals surface area contributed by atoms with Gasteiger partial charge in [-0.05, 0) is 85.1 Å². The highest BCUT2D eigenvalue weighted by molar-refractivity contribution is 6.35. The Labute approximate surface area is 257 Å². The smallest absolute Gasteiger partial charge is 0.331 e. The van der Waals surface area contributed by atoms with E-state index in [0.717, 1.165) is 48.2 Å². The zero-order valence-corrected chi connectivity index (χ0v) is 25.8. The van der Waals surface area contributed by atoms with Crippen LogP contribution in [0.25, 0.3) is 11.0 Å². The Morgan fingerprint density at radius 3 is 2.67 bits per heavy atom. The lowest BCUT2D eigenvalue weighted by Crippen LogP contribution is -2.53. The van der Waals surface area contributed by atoms with E-state index in [2.05, 4.69) is 41.5 Å². The molecule has 0 bridgehead atoms. The first-order chi connectivity index (χ1) is 20.2. The molecule has 0 aliphatic heterocycles. The summed E-state index contributed by atoms with van der Waals surface area (Å²) in [5.41, 5.74) is 4.60. The van der Waals surface area contributed by atoms with Gasteiger partial charge in [0.2, 0.25) is 0 Å². The molecule has 0 amide bonds. The standard InChI is InChI=1S/C34H37Cl2N3O3/c1-22(21-42-29-11-16-37-30-28(36)20-39(2)31(29)30)17-24-18-23-7-4-5-10-27(23)33(24)12-14-34(15-13-33,32(40)41-3)38-26-9-6-8-25(35)19-26/h4-11,16,19-20,22,24,38H,12-15,17-18,21H2,1-3H3/t22-,24+,33?,34?/m1/s1. The fourth-order valence-electron chi connectivity index (χ4n) is 7.54. The summed E-state index contributed by atoms with van der Waals surface area (Å²) in [6, 6.07) is 18.4. The zero-order valence-electron chi connectivity index (χ0n) is 24.3. The highest BCUT2D eigenvalue weighted by Gasteiger charge is 2.54. The summed E-state index contributed by atoms with van der Waals surface area (Å²) in [6.45, 7) is 2.88. The van der Waals surface area contributed by atoms with Crippen molar-refractivity contribution >= 4 is 45.9 Å². The van der Waals surface area contributed by atoms with Crippen LogP contribution in [0.2, 0.25) is 10.0 Å². The molecular weight excluding hydrogens is 569 g/mol. The first-order valence-corrected chi connectivity index (χ1v) is 15.4. The highest BCUT2D eigenvalue weighted by Crippen LogP contribution is 2.56. The normalized spacial score (nSPS) is 24.0. The van der Waals surface area contributed by atoms with Gasteiger partial charge in [-0.15, -0.1) is 0 Å².